The molecule has 140 valence electrons. The van der Waals surface area contributed by atoms with Gasteiger partial charge in [0, 0.05) is 41.4 Å². The summed E-state index contributed by atoms with van der Waals surface area (Å²) in [6.07, 6.45) is 4.33. The van der Waals surface area contributed by atoms with E-state index in [1.54, 1.807) is 0 Å². The summed E-state index contributed by atoms with van der Waals surface area (Å²) in [7, 11) is 1.12. The summed E-state index contributed by atoms with van der Waals surface area (Å²) in [4.78, 5) is 4.38. The molecular weight excluding hydrogens is 330 g/mol. The highest BCUT2D eigenvalue weighted by Gasteiger charge is 2.26. The number of nitrogens with zero attached hydrogens (tertiary/aromatic N) is 1. The third-order valence-corrected chi connectivity index (χ3v) is 6.86. The Hall–Kier alpha value is -1.36. The second kappa shape index (κ2) is 9.37. The molecule has 1 aliphatic rings. The molecule has 5 heteroatoms. The molecule has 0 aromatic heterocycles. The Bertz CT molecular complexity index is 619. The Morgan fingerprint density at radius 3 is 2.52 bits per heavy atom. The Morgan fingerprint density at radius 2 is 1.92 bits per heavy atom. The normalized spacial score (nSPS) is 22.5. The fraction of sp³-hybridized carbons (Fsp3) is 0.650. The van der Waals surface area contributed by atoms with E-state index < -0.39 is 10.8 Å². The van der Waals surface area contributed by atoms with Crippen molar-refractivity contribution in [3.63, 3.8) is 0 Å². The van der Waals surface area contributed by atoms with Crippen molar-refractivity contribution >= 4 is 16.8 Å². The van der Waals surface area contributed by atoms with Gasteiger partial charge in [-0.15, -0.1) is 0 Å². The van der Waals surface area contributed by atoms with Crippen LogP contribution in [0.1, 0.15) is 54.9 Å². The molecule has 2 rings (SSSR count). The van der Waals surface area contributed by atoms with Crippen molar-refractivity contribution in [2.75, 3.05) is 12.8 Å². The molecule has 4 nitrogen and oxygen atoms in total. The third kappa shape index (κ3) is 5.56. The number of nitrogens with one attached hydrogen (secondary N) is 2. The van der Waals surface area contributed by atoms with Gasteiger partial charge in [-0.2, -0.15) is 0 Å². The molecule has 0 heterocycles. The molecule has 0 bridgehead atoms. The maximum atomic E-state index is 12.1. The first-order valence-electron chi connectivity index (χ1n) is 9.35. The lowest BCUT2D eigenvalue weighted by atomic mass is 9.95. The zero-order valence-electron chi connectivity index (χ0n) is 16.3. The summed E-state index contributed by atoms with van der Waals surface area (Å²) in [6.45, 7) is 9.25. The highest BCUT2D eigenvalue weighted by Crippen LogP contribution is 2.23. The minimum absolute atomic E-state index is 0.330. The second-order valence-electron chi connectivity index (χ2n) is 7.10. The first kappa shape index (κ1) is 20.0. The minimum Gasteiger partial charge on any atom is -0.354 e. The van der Waals surface area contributed by atoms with E-state index in [0.29, 0.717) is 11.3 Å². The molecule has 1 aromatic rings. The molecule has 2 N–H and O–H groups in total. The lowest BCUT2D eigenvalue weighted by Gasteiger charge is -2.30. The van der Waals surface area contributed by atoms with Crippen molar-refractivity contribution in [2.45, 2.75) is 71.2 Å². The maximum Gasteiger partial charge on any atom is 0.191 e. The van der Waals surface area contributed by atoms with Crippen LogP contribution in [-0.4, -0.2) is 34.3 Å². The van der Waals surface area contributed by atoms with Gasteiger partial charge >= 0.3 is 0 Å². The van der Waals surface area contributed by atoms with E-state index >= 15 is 0 Å². The van der Waals surface area contributed by atoms with Gasteiger partial charge in [0.05, 0.1) is 0 Å². The topological polar surface area (TPSA) is 53.5 Å². The Kier molecular flexibility index (Phi) is 7.48. The van der Waals surface area contributed by atoms with E-state index in [0.717, 1.165) is 43.9 Å². The summed E-state index contributed by atoms with van der Waals surface area (Å²) in [5, 5.41) is 7.32. The van der Waals surface area contributed by atoms with Crippen molar-refractivity contribution in [2.24, 2.45) is 4.99 Å². The van der Waals surface area contributed by atoms with Crippen molar-refractivity contribution in [1.82, 2.24) is 10.6 Å². The molecule has 1 aromatic carbocycles. The Morgan fingerprint density at radius 1 is 1.24 bits per heavy atom. The van der Waals surface area contributed by atoms with E-state index in [9.17, 15) is 4.21 Å². The van der Waals surface area contributed by atoms with Crippen LogP contribution in [0, 0.1) is 20.8 Å². The quantitative estimate of drug-likeness (QED) is 0.623. The monoisotopic (exact) mass is 363 g/mol. The Labute approximate surface area is 155 Å². The van der Waals surface area contributed by atoms with Crippen LogP contribution in [0.4, 0.5) is 0 Å². The van der Waals surface area contributed by atoms with Gasteiger partial charge < -0.3 is 10.6 Å². The molecule has 0 aliphatic heterocycles. The van der Waals surface area contributed by atoms with Crippen molar-refractivity contribution in [3.8, 4) is 0 Å². The number of hydrogen-bond donors (Lipinski definition) is 2. The number of guanidine groups is 1. The predicted molar refractivity (Wildman–Crippen MR) is 109 cm³/mol. The number of rotatable bonds is 5. The average Bonchev–Trinajstić information content (AvgIpc) is 2.59. The standard InChI is InChI=1S/C20H33N3OS/c1-6-25(24)18-9-7-8-17(12-18)23-20(21-5)22-13-19-15(3)10-14(2)11-16(19)4/h10-11,17-18H,6-9,12-13H2,1-5H3,(H2,21,22,23). The van der Waals surface area contributed by atoms with Gasteiger partial charge in [0.25, 0.3) is 0 Å². The molecular formula is C20H33N3OS. The molecule has 0 radical (unpaired) electrons. The summed E-state index contributed by atoms with van der Waals surface area (Å²) in [5.74, 6) is 1.60. The van der Waals surface area contributed by atoms with Gasteiger partial charge in [0.15, 0.2) is 5.96 Å². The van der Waals surface area contributed by atoms with Crippen LogP contribution in [0.15, 0.2) is 17.1 Å². The van der Waals surface area contributed by atoms with Crippen molar-refractivity contribution in [3.05, 3.63) is 34.4 Å². The molecule has 25 heavy (non-hydrogen) atoms. The minimum atomic E-state index is -0.693. The molecule has 0 amide bonds. The van der Waals surface area contributed by atoms with Crippen LogP contribution in [0.3, 0.4) is 0 Å². The number of benzene rings is 1. The molecule has 1 fully saturated rings. The molecule has 3 atom stereocenters. The predicted octanol–water partition coefficient (Wildman–Crippen LogP) is 3.36. The summed E-state index contributed by atoms with van der Waals surface area (Å²) < 4.78 is 12.1. The van der Waals surface area contributed by atoms with Crippen molar-refractivity contribution in [1.29, 1.82) is 0 Å². The van der Waals surface area contributed by atoms with Crippen LogP contribution < -0.4 is 10.6 Å². The zero-order chi connectivity index (χ0) is 18.4. The first-order chi connectivity index (χ1) is 11.9. The van der Waals surface area contributed by atoms with E-state index in [1.165, 1.54) is 22.3 Å². The highest BCUT2D eigenvalue weighted by atomic mass is 32.2. The van der Waals surface area contributed by atoms with Gasteiger partial charge in [-0.1, -0.05) is 31.0 Å². The summed E-state index contributed by atoms with van der Waals surface area (Å²) in [5.41, 5.74) is 5.27. The van der Waals surface area contributed by atoms with Crippen LogP contribution in [0.2, 0.25) is 0 Å². The molecule has 0 saturated heterocycles. The number of aryl methyl sites for hydroxylation is 3. The molecule has 3 unspecified atom stereocenters. The van der Waals surface area contributed by atoms with Crippen molar-refractivity contribution < 1.29 is 4.21 Å². The van der Waals surface area contributed by atoms with Gasteiger partial charge in [-0.3, -0.25) is 9.20 Å². The zero-order valence-corrected chi connectivity index (χ0v) is 17.1. The SMILES string of the molecule is CCS(=O)C1CCCC(NC(=NC)NCc2c(C)cc(C)cc2C)C1. The van der Waals surface area contributed by atoms with E-state index in [1.807, 2.05) is 14.0 Å². The maximum absolute atomic E-state index is 12.1. The van der Waals surface area contributed by atoms with Crippen LogP contribution in [0.25, 0.3) is 0 Å². The lowest BCUT2D eigenvalue weighted by molar-refractivity contribution is 0.413. The summed E-state index contributed by atoms with van der Waals surface area (Å²) >= 11 is 0. The fourth-order valence-electron chi connectivity index (χ4n) is 3.80. The molecule has 1 saturated carbocycles. The number of hydrogen-bond acceptors (Lipinski definition) is 2. The van der Waals surface area contributed by atoms with Crippen LogP contribution in [-0.2, 0) is 17.3 Å². The Balaban J connectivity index is 1.94. The number of aliphatic imine (C=N–C) groups is 1. The average molecular weight is 364 g/mol. The fourth-order valence-corrected chi connectivity index (χ4v) is 5.15. The van der Waals surface area contributed by atoms with Crippen LogP contribution in [0.5, 0.6) is 0 Å². The van der Waals surface area contributed by atoms with E-state index in [4.69, 9.17) is 0 Å². The largest absolute Gasteiger partial charge is 0.354 e. The lowest BCUT2D eigenvalue weighted by Crippen LogP contribution is -2.46. The van der Waals surface area contributed by atoms with Gasteiger partial charge in [-0.25, -0.2) is 0 Å². The third-order valence-electron chi connectivity index (χ3n) is 5.12. The first-order valence-corrected chi connectivity index (χ1v) is 10.7. The van der Waals surface area contributed by atoms with Crippen LogP contribution >= 0.6 is 0 Å². The van der Waals surface area contributed by atoms with E-state index in [2.05, 4.69) is 48.5 Å². The van der Waals surface area contributed by atoms with Gasteiger partial charge in [0.1, 0.15) is 0 Å². The molecule has 1 aliphatic carbocycles. The molecule has 0 spiro atoms. The highest BCUT2D eigenvalue weighted by molar-refractivity contribution is 7.85. The summed E-state index contributed by atoms with van der Waals surface area (Å²) in [6, 6.07) is 4.82. The smallest absolute Gasteiger partial charge is 0.191 e. The van der Waals surface area contributed by atoms with Gasteiger partial charge in [-0.05, 0) is 56.7 Å². The van der Waals surface area contributed by atoms with E-state index in [-0.39, 0.29) is 0 Å². The van der Waals surface area contributed by atoms with Gasteiger partial charge in [0.2, 0.25) is 0 Å². The second-order valence-corrected chi connectivity index (χ2v) is 9.11.